The zero-order chi connectivity index (χ0) is 19.4. The molecular weight excluding hydrogens is 390 g/mol. The molecular formula is C17H19N3O5S2. The van der Waals surface area contributed by atoms with Crippen molar-refractivity contribution in [3.8, 4) is 0 Å². The van der Waals surface area contributed by atoms with Gasteiger partial charge in [-0.05, 0) is 29.9 Å². The van der Waals surface area contributed by atoms with Crippen molar-refractivity contribution in [3.05, 3.63) is 57.5 Å². The van der Waals surface area contributed by atoms with Crippen molar-refractivity contribution in [2.75, 3.05) is 13.1 Å². The lowest BCUT2D eigenvalue weighted by molar-refractivity contribution is -0.384. The molecule has 3 rings (SSSR count). The Kier molecular flexibility index (Phi) is 5.88. The standard InChI is InChI=1S/C17H19N3O5S2/c21-17(18-11-13-5-7-15(8-6-13)20(22)23)14-3-1-9-19(12-14)27(24,25)16-4-2-10-26-16/h2,4-8,10,14H,1,3,9,11-12H2,(H,18,21). The third-order valence-electron chi connectivity index (χ3n) is 4.46. The lowest BCUT2D eigenvalue weighted by atomic mass is 9.99. The van der Waals surface area contributed by atoms with E-state index in [-0.39, 0.29) is 28.9 Å². The number of nitrogens with zero attached hydrogens (tertiary/aromatic N) is 2. The van der Waals surface area contributed by atoms with E-state index in [1.165, 1.54) is 27.8 Å². The van der Waals surface area contributed by atoms with Crippen molar-refractivity contribution in [1.82, 2.24) is 9.62 Å². The van der Waals surface area contributed by atoms with Gasteiger partial charge >= 0.3 is 0 Å². The van der Waals surface area contributed by atoms with Crippen molar-refractivity contribution in [2.45, 2.75) is 23.6 Å². The van der Waals surface area contributed by atoms with Gasteiger partial charge in [-0.3, -0.25) is 14.9 Å². The third kappa shape index (κ3) is 4.52. The predicted octanol–water partition coefficient (Wildman–Crippen LogP) is 2.37. The number of hydrogen-bond donors (Lipinski definition) is 1. The summed E-state index contributed by atoms with van der Waals surface area (Å²) in [6.07, 6.45) is 1.25. The second kappa shape index (κ2) is 8.15. The van der Waals surface area contributed by atoms with E-state index >= 15 is 0 Å². The Balaban J connectivity index is 1.59. The van der Waals surface area contributed by atoms with E-state index in [0.717, 1.165) is 5.56 Å². The first-order valence-corrected chi connectivity index (χ1v) is 10.7. The van der Waals surface area contributed by atoms with Crippen LogP contribution in [0, 0.1) is 16.0 Å². The van der Waals surface area contributed by atoms with Gasteiger partial charge in [0.05, 0.1) is 10.8 Å². The molecule has 1 N–H and O–H groups in total. The van der Waals surface area contributed by atoms with E-state index in [0.29, 0.717) is 19.4 Å². The zero-order valence-corrected chi connectivity index (χ0v) is 16.0. The largest absolute Gasteiger partial charge is 0.352 e. The Hall–Kier alpha value is -2.30. The fourth-order valence-electron chi connectivity index (χ4n) is 2.98. The number of non-ortho nitro benzene ring substituents is 1. The second-order valence-electron chi connectivity index (χ2n) is 6.28. The van der Waals surface area contributed by atoms with Crippen LogP contribution in [0.4, 0.5) is 5.69 Å². The van der Waals surface area contributed by atoms with E-state index in [1.807, 2.05) is 0 Å². The van der Waals surface area contributed by atoms with E-state index in [2.05, 4.69) is 5.32 Å². The van der Waals surface area contributed by atoms with Crippen molar-refractivity contribution in [3.63, 3.8) is 0 Å². The van der Waals surface area contributed by atoms with Crippen LogP contribution in [0.1, 0.15) is 18.4 Å². The number of piperidine rings is 1. The maximum Gasteiger partial charge on any atom is 0.269 e. The number of carbonyl (C=O) groups is 1. The average Bonchev–Trinajstić information content (AvgIpc) is 3.22. The molecule has 27 heavy (non-hydrogen) atoms. The molecule has 1 amide bonds. The van der Waals surface area contributed by atoms with Gasteiger partial charge in [0, 0.05) is 31.8 Å². The van der Waals surface area contributed by atoms with Crippen molar-refractivity contribution >= 4 is 33.0 Å². The normalized spacial score (nSPS) is 18.1. The summed E-state index contributed by atoms with van der Waals surface area (Å²) >= 11 is 1.17. The van der Waals surface area contributed by atoms with Gasteiger partial charge in [0.15, 0.2) is 0 Å². The number of amides is 1. The Morgan fingerprint density at radius 1 is 1.30 bits per heavy atom. The van der Waals surface area contributed by atoms with Crippen LogP contribution < -0.4 is 5.32 Å². The summed E-state index contributed by atoms with van der Waals surface area (Å²) in [7, 11) is -3.56. The van der Waals surface area contributed by atoms with Crippen molar-refractivity contribution in [2.24, 2.45) is 5.92 Å². The Morgan fingerprint density at radius 3 is 2.67 bits per heavy atom. The number of sulfonamides is 1. The van der Waals surface area contributed by atoms with Crippen molar-refractivity contribution in [1.29, 1.82) is 0 Å². The average molecular weight is 409 g/mol. The SMILES string of the molecule is O=C(NCc1ccc([N+](=O)[O-])cc1)C1CCCN(S(=O)(=O)c2cccs2)C1. The highest BCUT2D eigenvalue weighted by molar-refractivity contribution is 7.91. The van der Waals surface area contributed by atoms with Gasteiger partial charge in [-0.15, -0.1) is 11.3 Å². The topological polar surface area (TPSA) is 110 Å². The fourth-order valence-corrected chi connectivity index (χ4v) is 5.65. The molecule has 1 unspecified atom stereocenters. The van der Waals surface area contributed by atoms with Gasteiger partial charge in [0.1, 0.15) is 4.21 Å². The number of nitrogens with one attached hydrogen (secondary N) is 1. The van der Waals surface area contributed by atoms with E-state index in [1.54, 1.807) is 29.6 Å². The molecule has 0 bridgehead atoms. The molecule has 0 aliphatic carbocycles. The molecule has 0 spiro atoms. The van der Waals surface area contributed by atoms with Crippen LogP contribution in [0.15, 0.2) is 46.0 Å². The van der Waals surface area contributed by atoms with Gasteiger partial charge in [0.25, 0.3) is 15.7 Å². The summed E-state index contributed by atoms with van der Waals surface area (Å²) in [5.41, 5.74) is 0.736. The van der Waals surface area contributed by atoms with E-state index < -0.39 is 20.9 Å². The maximum absolute atomic E-state index is 12.6. The highest BCUT2D eigenvalue weighted by Crippen LogP contribution is 2.26. The quantitative estimate of drug-likeness (QED) is 0.582. The molecule has 8 nitrogen and oxygen atoms in total. The van der Waals surface area contributed by atoms with Gasteiger partial charge in [-0.2, -0.15) is 4.31 Å². The number of nitro benzene ring substituents is 1. The smallest absolute Gasteiger partial charge is 0.269 e. The lowest BCUT2D eigenvalue weighted by Crippen LogP contribution is -2.45. The first-order valence-electron chi connectivity index (χ1n) is 8.42. The molecule has 0 saturated carbocycles. The minimum Gasteiger partial charge on any atom is -0.352 e. The molecule has 2 heterocycles. The highest BCUT2D eigenvalue weighted by Gasteiger charge is 2.33. The monoisotopic (exact) mass is 409 g/mol. The van der Waals surface area contributed by atoms with Crippen LogP contribution in [0.2, 0.25) is 0 Å². The van der Waals surface area contributed by atoms with Gasteiger partial charge in [-0.25, -0.2) is 8.42 Å². The molecule has 1 aliphatic rings. The van der Waals surface area contributed by atoms with Crippen LogP contribution in [0.25, 0.3) is 0 Å². The number of thiophene rings is 1. The highest BCUT2D eigenvalue weighted by atomic mass is 32.2. The first kappa shape index (κ1) is 19.5. The molecule has 1 saturated heterocycles. The van der Waals surface area contributed by atoms with Gasteiger partial charge in [0.2, 0.25) is 5.91 Å². The molecule has 144 valence electrons. The summed E-state index contributed by atoms with van der Waals surface area (Å²) in [6.45, 7) is 0.809. The molecule has 1 aliphatic heterocycles. The number of rotatable bonds is 6. The molecule has 2 aromatic rings. The Labute approximate surface area is 161 Å². The summed E-state index contributed by atoms with van der Waals surface area (Å²) < 4.78 is 26.9. The molecule has 1 fully saturated rings. The van der Waals surface area contributed by atoms with Crippen LogP contribution in [-0.2, 0) is 21.4 Å². The first-order chi connectivity index (χ1) is 12.9. The number of carbonyl (C=O) groups excluding carboxylic acids is 1. The minimum absolute atomic E-state index is 0.00761. The minimum atomic E-state index is -3.56. The van der Waals surface area contributed by atoms with Crippen LogP contribution >= 0.6 is 11.3 Å². The van der Waals surface area contributed by atoms with Crippen molar-refractivity contribution < 1.29 is 18.1 Å². The number of nitro groups is 1. The van der Waals surface area contributed by atoms with Gasteiger partial charge in [-0.1, -0.05) is 18.2 Å². The molecule has 10 heteroatoms. The molecule has 1 atom stereocenters. The summed E-state index contributed by atoms with van der Waals surface area (Å²) in [5.74, 6) is -0.619. The number of benzene rings is 1. The zero-order valence-electron chi connectivity index (χ0n) is 14.4. The third-order valence-corrected chi connectivity index (χ3v) is 7.70. The molecule has 0 radical (unpaired) electrons. The molecule has 1 aromatic heterocycles. The van der Waals surface area contributed by atoms with Crippen LogP contribution in [0.3, 0.4) is 0 Å². The van der Waals surface area contributed by atoms with Crippen LogP contribution in [0.5, 0.6) is 0 Å². The number of hydrogen-bond acceptors (Lipinski definition) is 6. The maximum atomic E-state index is 12.6. The van der Waals surface area contributed by atoms with Crippen LogP contribution in [-0.4, -0.2) is 36.6 Å². The fraction of sp³-hybridized carbons (Fsp3) is 0.353. The van der Waals surface area contributed by atoms with E-state index in [9.17, 15) is 23.3 Å². The Bertz CT molecular complexity index is 911. The second-order valence-corrected chi connectivity index (χ2v) is 9.39. The van der Waals surface area contributed by atoms with E-state index in [4.69, 9.17) is 0 Å². The lowest BCUT2D eigenvalue weighted by Gasteiger charge is -2.30. The summed E-state index contributed by atoms with van der Waals surface area (Å²) in [6, 6.07) is 9.21. The summed E-state index contributed by atoms with van der Waals surface area (Å²) in [4.78, 5) is 22.7. The summed E-state index contributed by atoms with van der Waals surface area (Å²) in [5, 5.41) is 15.2. The van der Waals surface area contributed by atoms with Gasteiger partial charge < -0.3 is 5.32 Å². The predicted molar refractivity (Wildman–Crippen MR) is 101 cm³/mol. The Morgan fingerprint density at radius 2 is 2.04 bits per heavy atom. The molecule has 1 aromatic carbocycles.